The molecule has 0 amide bonds. The zero-order valence-corrected chi connectivity index (χ0v) is 36.2. The standard InChI is InChI=1S/C30H18N3S.C20H18NOSi.Ir/c1-3-10-20(11-4-1)25-19-18-23-22-14-9-15-24(28(22)34-30(23)32-25)29-31-26-16-7-8-17-27(26)33(29)21-12-5-2-6-13-21;1-23(2,3)15-9-10-18(21-13-15)14-8-11-20-17(12-14)16-6-4-5-7-19(16)22-20;/h1-14,16-19H;4-7,9-13H,1-3H3;/q2*-1;. The van der Waals surface area contributed by atoms with E-state index < -0.39 is 8.07 Å². The molecule has 0 saturated carbocycles. The Morgan fingerprint density at radius 1 is 0.638 bits per heavy atom. The quantitative estimate of drug-likeness (QED) is 0.127. The van der Waals surface area contributed by atoms with Gasteiger partial charge in [0.2, 0.25) is 0 Å². The van der Waals surface area contributed by atoms with Gasteiger partial charge in [0.05, 0.1) is 36.2 Å². The van der Waals surface area contributed by atoms with Gasteiger partial charge < -0.3 is 14.0 Å². The van der Waals surface area contributed by atoms with Crippen LogP contribution in [-0.2, 0) is 20.1 Å². The number of benzene rings is 6. The first kappa shape index (κ1) is 37.5. The SMILES string of the molecule is C[Si](C)(C)c1ccc(-c2[c-]cc3oc4ccccc4c3c2)nc1.[Ir].[c-]1ccc2c(sc3nc(-c4ccccc4)ccc32)c1-c1nc2ccccc2n1-c1ccccc1. The number of imidazole rings is 1. The fraction of sp³-hybridized carbons (Fsp3) is 0.0600. The fourth-order valence-corrected chi connectivity index (χ4v) is 9.61. The Labute approximate surface area is 355 Å². The average Bonchev–Trinajstić information content (AvgIpc) is 3.95. The number of fused-ring (bicyclic) bond motifs is 7. The molecule has 58 heavy (non-hydrogen) atoms. The molecule has 6 aromatic carbocycles. The molecule has 0 saturated heterocycles. The zero-order valence-electron chi connectivity index (χ0n) is 32.0. The molecule has 8 heteroatoms. The van der Waals surface area contributed by atoms with Gasteiger partial charge in [-0.05, 0) is 57.4 Å². The molecular weight excluding hydrogens is 925 g/mol. The van der Waals surface area contributed by atoms with Gasteiger partial charge in [-0.3, -0.25) is 4.98 Å². The van der Waals surface area contributed by atoms with Crippen molar-refractivity contribution < 1.29 is 24.5 Å². The molecule has 1 radical (unpaired) electrons. The van der Waals surface area contributed by atoms with Crippen molar-refractivity contribution in [3.05, 3.63) is 176 Å². The first-order chi connectivity index (χ1) is 27.9. The summed E-state index contributed by atoms with van der Waals surface area (Å²) in [4.78, 5) is 15.8. The molecule has 5 nitrogen and oxygen atoms in total. The van der Waals surface area contributed by atoms with E-state index in [-0.39, 0.29) is 20.1 Å². The molecule has 0 aliphatic rings. The number of rotatable bonds is 5. The smallest absolute Gasteiger partial charge is 0.120 e. The third-order valence-corrected chi connectivity index (χ3v) is 13.5. The largest absolute Gasteiger partial charge is 0.500 e. The summed E-state index contributed by atoms with van der Waals surface area (Å²) in [6, 6.07) is 60.7. The van der Waals surface area contributed by atoms with Crippen LogP contribution in [0.5, 0.6) is 0 Å². The molecule has 0 atom stereocenters. The van der Waals surface area contributed by atoms with Crippen molar-refractivity contribution in [1.29, 1.82) is 0 Å². The first-order valence-electron chi connectivity index (χ1n) is 19.0. The van der Waals surface area contributed by atoms with Gasteiger partial charge in [-0.2, -0.15) is 11.3 Å². The Bertz CT molecular complexity index is 3220. The van der Waals surface area contributed by atoms with Gasteiger partial charge in [0.25, 0.3) is 0 Å². The molecule has 0 aliphatic heterocycles. The maximum atomic E-state index is 5.86. The number of para-hydroxylation sites is 4. The van der Waals surface area contributed by atoms with Gasteiger partial charge in [0, 0.05) is 42.9 Å². The molecule has 0 N–H and O–H groups in total. The first-order valence-corrected chi connectivity index (χ1v) is 23.3. The summed E-state index contributed by atoms with van der Waals surface area (Å²) in [5.74, 6) is 0.896. The number of thiophene rings is 1. The van der Waals surface area contributed by atoms with E-state index in [2.05, 4.69) is 138 Å². The third kappa shape index (κ3) is 6.88. The van der Waals surface area contributed by atoms with E-state index in [4.69, 9.17) is 14.4 Å². The van der Waals surface area contributed by atoms with E-state index in [0.717, 1.165) is 87.5 Å². The summed E-state index contributed by atoms with van der Waals surface area (Å²) < 4.78 is 9.25. The van der Waals surface area contributed by atoms with Crippen LogP contribution in [-0.4, -0.2) is 27.6 Å². The van der Waals surface area contributed by atoms with Crippen LogP contribution in [0.25, 0.3) is 92.9 Å². The zero-order chi connectivity index (χ0) is 38.5. The number of furan rings is 1. The number of hydrogen-bond donors (Lipinski definition) is 0. The molecule has 0 spiro atoms. The van der Waals surface area contributed by atoms with Crippen molar-refractivity contribution in [3.8, 4) is 39.6 Å². The van der Waals surface area contributed by atoms with Gasteiger partial charge in [0.15, 0.2) is 0 Å². The van der Waals surface area contributed by atoms with Crippen molar-refractivity contribution >= 4 is 77.9 Å². The van der Waals surface area contributed by atoms with E-state index in [0.29, 0.717) is 0 Å². The van der Waals surface area contributed by atoms with Crippen LogP contribution in [0.1, 0.15) is 0 Å². The van der Waals surface area contributed by atoms with Crippen LogP contribution in [0.2, 0.25) is 19.6 Å². The molecule has 11 aromatic rings. The fourth-order valence-electron chi connectivity index (χ4n) is 7.40. The van der Waals surface area contributed by atoms with E-state index >= 15 is 0 Å². The van der Waals surface area contributed by atoms with E-state index in [1.54, 1.807) is 11.3 Å². The molecule has 11 rings (SSSR count). The second kappa shape index (κ2) is 15.4. The topological polar surface area (TPSA) is 56.7 Å². The van der Waals surface area contributed by atoms with Crippen molar-refractivity contribution in [1.82, 2.24) is 19.5 Å². The van der Waals surface area contributed by atoms with Crippen LogP contribution >= 0.6 is 11.3 Å². The predicted octanol–water partition coefficient (Wildman–Crippen LogP) is 12.9. The minimum Gasteiger partial charge on any atom is -0.500 e. The van der Waals surface area contributed by atoms with Crippen LogP contribution in [0, 0.1) is 12.1 Å². The Morgan fingerprint density at radius 3 is 2.17 bits per heavy atom. The predicted molar refractivity (Wildman–Crippen MR) is 240 cm³/mol. The summed E-state index contributed by atoms with van der Waals surface area (Å²) >= 11 is 1.71. The number of aromatic nitrogens is 4. The van der Waals surface area contributed by atoms with Crippen molar-refractivity contribution in [2.45, 2.75) is 19.6 Å². The summed E-state index contributed by atoms with van der Waals surface area (Å²) in [6.45, 7) is 7.00. The van der Waals surface area contributed by atoms with Gasteiger partial charge in [-0.25, -0.2) is 4.98 Å². The maximum Gasteiger partial charge on any atom is 0.120 e. The molecule has 283 valence electrons. The number of pyridine rings is 2. The van der Waals surface area contributed by atoms with Gasteiger partial charge in [-0.15, -0.1) is 42.0 Å². The normalized spacial score (nSPS) is 11.6. The molecule has 0 aliphatic carbocycles. The Hall–Kier alpha value is -6.02. The van der Waals surface area contributed by atoms with Gasteiger partial charge in [-0.1, -0.05) is 133 Å². The van der Waals surface area contributed by atoms with Crippen molar-refractivity contribution in [2.24, 2.45) is 0 Å². The molecule has 0 bridgehead atoms. The minimum atomic E-state index is -1.31. The number of nitrogens with zero attached hydrogens (tertiary/aromatic N) is 4. The van der Waals surface area contributed by atoms with E-state index in [1.807, 2.05) is 66.9 Å². The number of hydrogen-bond acceptors (Lipinski definition) is 5. The summed E-state index contributed by atoms with van der Waals surface area (Å²) in [6.07, 6.45) is 2.02. The second-order valence-corrected chi connectivity index (χ2v) is 21.2. The molecule has 5 heterocycles. The van der Waals surface area contributed by atoms with Gasteiger partial charge >= 0.3 is 0 Å². The Balaban J connectivity index is 0.000000159. The van der Waals surface area contributed by atoms with Crippen molar-refractivity contribution in [3.63, 3.8) is 0 Å². The van der Waals surface area contributed by atoms with Crippen LogP contribution in [0.15, 0.2) is 168 Å². The minimum absolute atomic E-state index is 0. The third-order valence-electron chi connectivity index (χ3n) is 10.4. The Kier molecular flexibility index (Phi) is 9.96. The monoisotopic (exact) mass is 961 g/mol. The molecular formula is C50H36IrN4OSSi-2. The van der Waals surface area contributed by atoms with Crippen LogP contribution in [0.4, 0.5) is 0 Å². The maximum absolute atomic E-state index is 5.86. The summed E-state index contributed by atoms with van der Waals surface area (Å²) in [5.41, 5.74) is 10.00. The van der Waals surface area contributed by atoms with E-state index in [9.17, 15) is 0 Å². The van der Waals surface area contributed by atoms with Crippen LogP contribution < -0.4 is 5.19 Å². The molecule has 0 fully saturated rings. The van der Waals surface area contributed by atoms with Gasteiger partial charge in [0.1, 0.15) is 10.4 Å². The second-order valence-electron chi connectivity index (χ2n) is 15.1. The van der Waals surface area contributed by atoms with Crippen LogP contribution in [0.3, 0.4) is 0 Å². The summed E-state index contributed by atoms with van der Waals surface area (Å²) in [5, 5.41) is 5.97. The summed E-state index contributed by atoms with van der Waals surface area (Å²) in [7, 11) is -1.31. The average molecular weight is 961 g/mol. The molecule has 5 aromatic heterocycles. The Morgan fingerprint density at radius 2 is 1.38 bits per heavy atom. The van der Waals surface area contributed by atoms with Crippen molar-refractivity contribution in [2.75, 3.05) is 0 Å². The molecule has 0 unspecified atom stereocenters. The van der Waals surface area contributed by atoms with E-state index in [1.165, 1.54) is 10.6 Å².